The van der Waals surface area contributed by atoms with Gasteiger partial charge in [-0.3, -0.25) is 4.79 Å². The molecule has 4 unspecified atom stereocenters. The molecule has 0 rings (SSSR count). The van der Waals surface area contributed by atoms with Crippen LogP contribution in [0.15, 0.2) is 60.8 Å². The van der Waals surface area contributed by atoms with Gasteiger partial charge in [0.15, 0.2) is 0 Å². The summed E-state index contributed by atoms with van der Waals surface area (Å²) in [4.78, 5) is 12.5. The molecule has 0 aliphatic carbocycles. The van der Waals surface area contributed by atoms with Crippen LogP contribution in [0.2, 0.25) is 0 Å². The number of hydrogen-bond donors (Lipinski definition) is 5. The maximum Gasteiger partial charge on any atom is 0.249 e. The van der Waals surface area contributed by atoms with Crippen molar-refractivity contribution in [3.8, 4) is 0 Å². The Labute approximate surface area is 340 Å². The van der Waals surface area contributed by atoms with Gasteiger partial charge >= 0.3 is 0 Å². The number of carbonyl (C=O) groups is 1. The third kappa shape index (κ3) is 37.4. The van der Waals surface area contributed by atoms with Gasteiger partial charge in [0.05, 0.1) is 18.8 Å². The molecule has 1 amide bonds. The lowest BCUT2D eigenvalue weighted by molar-refractivity contribution is -0.132. The minimum absolute atomic E-state index is 0.352. The molecule has 0 saturated carbocycles. The van der Waals surface area contributed by atoms with Crippen LogP contribution in [0.5, 0.6) is 0 Å². The van der Waals surface area contributed by atoms with Crippen LogP contribution in [0, 0.1) is 0 Å². The summed E-state index contributed by atoms with van der Waals surface area (Å²) in [5, 5.41) is 43.6. The van der Waals surface area contributed by atoms with Gasteiger partial charge in [-0.25, -0.2) is 0 Å². The molecule has 0 radical (unpaired) electrons. The predicted molar refractivity (Wildman–Crippen MR) is 237 cm³/mol. The van der Waals surface area contributed by atoms with Gasteiger partial charge in [0, 0.05) is 0 Å². The first-order valence-electron chi connectivity index (χ1n) is 23.2. The summed E-state index contributed by atoms with van der Waals surface area (Å²) in [5.41, 5.74) is 0. The van der Waals surface area contributed by atoms with Crippen LogP contribution in [-0.2, 0) is 4.79 Å². The van der Waals surface area contributed by atoms with Crippen molar-refractivity contribution in [2.75, 3.05) is 6.61 Å². The monoisotopic (exact) mass is 772 g/mol. The van der Waals surface area contributed by atoms with E-state index < -0.39 is 36.9 Å². The van der Waals surface area contributed by atoms with Crippen LogP contribution in [-0.4, -0.2) is 57.3 Å². The van der Waals surface area contributed by atoms with E-state index in [1.54, 1.807) is 0 Å². The molecule has 0 spiro atoms. The molecule has 0 aliphatic heterocycles. The molecule has 6 nitrogen and oxygen atoms in total. The van der Waals surface area contributed by atoms with E-state index in [9.17, 15) is 25.2 Å². The van der Waals surface area contributed by atoms with Crippen molar-refractivity contribution in [3.05, 3.63) is 60.8 Å². The maximum absolute atomic E-state index is 12.5. The number of rotatable bonds is 41. The van der Waals surface area contributed by atoms with Crippen molar-refractivity contribution < 1.29 is 25.2 Å². The molecule has 320 valence electrons. The molecule has 5 N–H and O–H groups in total. The fourth-order valence-electron chi connectivity index (χ4n) is 6.77. The molecule has 4 atom stereocenters. The lowest BCUT2D eigenvalue weighted by atomic mass is 10.00. The smallest absolute Gasteiger partial charge is 0.249 e. The van der Waals surface area contributed by atoms with E-state index in [-0.39, 0.29) is 0 Å². The summed E-state index contributed by atoms with van der Waals surface area (Å²) in [6.07, 6.45) is 54.1. The van der Waals surface area contributed by atoms with Crippen LogP contribution in [0.3, 0.4) is 0 Å². The number of hydrogen-bond acceptors (Lipinski definition) is 5. The van der Waals surface area contributed by atoms with Gasteiger partial charge in [-0.05, 0) is 89.9 Å². The molecule has 0 fully saturated rings. The average molecular weight is 772 g/mol. The predicted octanol–water partition coefficient (Wildman–Crippen LogP) is 12.5. The third-order valence-corrected chi connectivity index (χ3v) is 10.4. The van der Waals surface area contributed by atoms with Gasteiger partial charge in [0.2, 0.25) is 5.91 Å². The highest BCUT2D eigenvalue weighted by Gasteiger charge is 2.28. The largest absolute Gasteiger partial charge is 0.394 e. The molecule has 0 aromatic carbocycles. The first-order chi connectivity index (χ1) is 27.0. The highest BCUT2D eigenvalue weighted by Crippen LogP contribution is 2.15. The first kappa shape index (κ1) is 53.0. The second-order valence-corrected chi connectivity index (χ2v) is 15.7. The number of carbonyl (C=O) groups excluding carboxylic acids is 1. The Kier molecular flexibility index (Phi) is 41.6. The zero-order valence-corrected chi connectivity index (χ0v) is 35.9. The molecule has 0 aromatic heterocycles. The summed E-state index contributed by atoms with van der Waals surface area (Å²) >= 11 is 0. The van der Waals surface area contributed by atoms with Crippen molar-refractivity contribution >= 4 is 5.91 Å². The first-order valence-corrected chi connectivity index (χ1v) is 23.2. The second kappa shape index (κ2) is 43.1. The maximum atomic E-state index is 12.5. The standard InChI is InChI=1S/C49H89NO5/c1-3-5-7-9-11-13-15-17-18-19-20-21-22-23-24-25-26-27-28-29-31-33-35-37-39-41-43-47(53)49(55)50-45(44-51)48(54)46(52)42-40-38-36-34-32-30-16-14-12-10-8-6-4-2/h6,8,14,16,20-21,23-24,34,36,45-48,51-54H,3-5,7,9-13,15,17-19,22,25-33,35,37-44H2,1-2H3,(H,50,55)/b8-6+,16-14+,21-20-,24-23-,36-34+. The van der Waals surface area contributed by atoms with E-state index in [0.717, 1.165) is 64.2 Å². The number of nitrogens with one attached hydrogen (secondary N) is 1. The van der Waals surface area contributed by atoms with E-state index >= 15 is 0 Å². The van der Waals surface area contributed by atoms with E-state index in [4.69, 9.17) is 0 Å². The van der Waals surface area contributed by atoms with Gasteiger partial charge in [-0.2, -0.15) is 0 Å². The zero-order valence-electron chi connectivity index (χ0n) is 35.9. The van der Waals surface area contributed by atoms with Crippen LogP contribution >= 0.6 is 0 Å². The average Bonchev–Trinajstić information content (AvgIpc) is 3.19. The minimum atomic E-state index is -1.30. The minimum Gasteiger partial charge on any atom is -0.394 e. The Morgan fingerprint density at radius 3 is 1.35 bits per heavy atom. The lowest BCUT2D eigenvalue weighted by Gasteiger charge is -2.27. The lowest BCUT2D eigenvalue weighted by Crippen LogP contribution is -2.53. The summed E-state index contributed by atoms with van der Waals surface area (Å²) in [5.74, 6) is -0.605. The van der Waals surface area contributed by atoms with Crippen LogP contribution in [0.25, 0.3) is 0 Å². The second-order valence-electron chi connectivity index (χ2n) is 15.7. The van der Waals surface area contributed by atoms with Gasteiger partial charge in [0.25, 0.3) is 0 Å². The van der Waals surface area contributed by atoms with Crippen LogP contribution in [0.1, 0.15) is 213 Å². The van der Waals surface area contributed by atoms with Gasteiger partial charge in [0.1, 0.15) is 12.2 Å². The molecule has 55 heavy (non-hydrogen) atoms. The molecule has 0 aliphatic rings. The molecular weight excluding hydrogens is 683 g/mol. The van der Waals surface area contributed by atoms with Crippen molar-refractivity contribution in [2.24, 2.45) is 0 Å². The number of unbranched alkanes of at least 4 members (excludes halogenated alkanes) is 22. The Morgan fingerprint density at radius 1 is 0.473 bits per heavy atom. The third-order valence-electron chi connectivity index (χ3n) is 10.4. The van der Waals surface area contributed by atoms with Gasteiger partial charge in [-0.15, -0.1) is 0 Å². The van der Waals surface area contributed by atoms with Gasteiger partial charge < -0.3 is 25.7 Å². The summed E-state index contributed by atoms with van der Waals surface area (Å²) in [7, 11) is 0. The number of amides is 1. The van der Waals surface area contributed by atoms with E-state index in [1.165, 1.54) is 116 Å². The molecule has 0 saturated heterocycles. The Morgan fingerprint density at radius 2 is 0.873 bits per heavy atom. The Hall–Kier alpha value is -1.99. The fourth-order valence-corrected chi connectivity index (χ4v) is 6.77. The van der Waals surface area contributed by atoms with Gasteiger partial charge in [-0.1, -0.05) is 184 Å². The highest BCUT2D eigenvalue weighted by molar-refractivity contribution is 5.80. The molecule has 0 aromatic rings. The highest BCUT2D eigenvalue weighted by atomic mass is 16.3. The summed E-state index contributed by atoms with van der Waals surface area (Å²) in [6.45, 7) is 3.92. The van der Waals surface area contributed by atoms with Crippen molar-refractivity contribution in [1.29, 1.82) is 0 Å². The quantitative estimate of drug-likeness (QED) is 0.0314. The number of allylic oxidation sites excluding steroid dienone is 10. The molecular formula is C49H89NO5. The normalized spacial score (nSPS) is 14.7. The van der Waals surface area contributed by atoms with Crippen LogP contribution < -0.4 is 5.32 Å². The Balaban J connectivity index is 3.74. The van der Waals surface area contributed by atoms with Crippen molar-refractivity contribution in [1.82, 2.24) is 5.32 Å². The van der Waals surface area contributed by atoms with E-state index in [0.29, 0.717) is 19.3 Å². The van der Waals surface area contributed by atoms with Crippen LogP contribution in [0.4, 0.5) is 0 Å². The Bertz CT molecular complexity index is 957. The molecule has 6 heteroatoms. The SMILES string of the molecule is CC/C=C/CC/C=C/CC/C=C/CCCC(O)C(O)C(CO)NC(=O)C(O)CCCCCCCCCCCC/C=C\C/C=C\CCCCCCCCCCC. The summed E-state index contributed by atoms with van der Waals surface area (Å²) < 4.78 is 0. The van der Waals surface area contributed by atoms with Crippen molar-refractivity contribution in [2.45, 2.75) is 237 Å². The van der Waals surface area contributed by atoms with E-state index in [2.05, 4.69) is 79.9 Å². The molecule has 0 heterocycles. The number of aliphatic hydroxyl groups is 4. The van der Waals surface area contributed by atoms with Crippen molar-refractivity contribution in [3.63, 3.8) is 0 Å². The molecule has 0 bridgehead atoms. The fraction of sp³-hybridized carbons (Fsp3) is 0.776. The zero-order chi connectivity index (χ0) is 40.3. The number of aliphatic hydroxyl groups excluding tert-OH is 4. The summed E-state index contributed by atoms with van der Waals surface area (Å²) in [6, 6.07) is -1.01. The topological polar surface area (TPSA) is 110 Å². The van der Waals surface area contributed by atoms with E-state index in [1.807, 2.05) is 0 Å².